The van der Waals surface area contributed by atoms with E-state index in [1.165, 1.54) is 0 Å². The van der Waals surface area contributed by atoms with Crippen LogP contribution in [0.4, 0.5) is 11.8 Å². The molecule has 8 nitrogen and oxygen atoms in total. The number of aromatic nitrogens is 2. The van der Waals surface area contributed by atoms with Crippen LogP contribution in [0, 0.1) is 6.92 Å². The van der Waals surface area contributed by atoms with Gasteiger partial charge in [-0.15, -0.1) is 0 Å². The smallest absolute Gasteiger partial charge is 0.224 e. The number of hydrogen-bond acceptors (Lipinski definition) is 7. The summed E-state index contributed by atoms with van der Waals surface area (Å²) in [6, 6.07) is 11.0. The van der Waals surface area contributed by atoms with Crippen LogP contribution in [0.2, 0.25) is 0 Å². The maximum Gasteiger partial charge on any atom is 0.224 e. The van der Waals surface area contributed by atoms with E-state index in [9.17, 15) is 8.42 Å². The van der Waals surface area contributed by atoms with Crippen LogP contribution in [0.15, 0.2) is 36.4 Å². The van der Waals surface area contributed by atoms with Gasteiger partial charge in [0.15, 0.2) is 0 Å². The Kier molecular flexibility index (Phi) is 7.61. The molecule has 9 heteroatoms. The zero-order chi connectivity index (χ0) is 18.8. The zero-order valence-corrected chi connectivity index (χ0v) is 15.8. The minimum Gasteiger partial charge on any atom is -0.492 e. The zero-order valence-electron chi connectivity index (χ0n) is 15.0. The van der Waals surface area contributed by atoms with Gasteiger partial charge in [-0.2, -0.15) is 4.98 Å². The summed E-state index contributed by atoms with van der Waals surface area (Å²) in [5.74, 6) is 1.75. The summed E-state index contributed by atoms with van der Waals surface area (Å²) >= 11 is 0. The van der Waals surface area contributed by atoms with Crippen molar-refractivity contribution in [3.8, 4) is 5.75 Å². The van der Waals surface area contributed by atoms with Gasteiger partial charge in [0.2, 0.25) is 16.0 Å². The molecule has 0 aliphatic carbocycles. The van der Waals surface area contributed by atoms with Crippen molar-refractivity contribution >= 4 is 21.8 Å². The molecule has 0 amide bonds. The molecule has 0 saturated heterocycles. The second-order valence-electron chi connectivity index (χ2n) is 5.55. The van der Waals surface area contributed by atoms with Crippen LogP contribution in [-0.4, -0.2) is 50.4 Å². The molecule has 2 aromatic rings. The topological polar surface area (TPSA) is 105 Å². The Bertz CT molecular complexity index is 784. The SMILES string of the molecule is CCNc1cc(C)nc(NCCNS(=O)(=O)CCOc2ccccc2)n1. The molecule has 1 aromatic carbocycles. The van der Waals surface area contributed by atoms with Gasteiger partial charge in [0.05, 0.1) is 5.75 Å². The summed E-state index contributed by atoms with van der Waals surface area (Å²) in [5.41, 5.74) is 0.831. The van der Waals surface area contributed by atoms with E-state index in [-0.39, 0.29) is 18.9 Å². The van der Waals surface area contributed by atoms with Crippen molar-refractivity contribution < 1.29 is 13.2 Å². The molecule has 26 heavy (non-hydrogen) atoms. The maximum absolute atomic E-state index is 12.0. The number of aryl methyl sites for hydroxylation is 1. The number of benzene rings is 1. The van der Waals surface area contributed by atoms with Crippen LogP contribution in [0.25, 0.3) is 0 Å². The molecule has 0 unspecified atom stereocenters. The quantitative estimate of drug-likeness (QED) is 0.510. The van der Waals surface area contributed by atoms with E-state index in [1.807, 2.05) is 38.1 Å². The summed E-state index contributed by atoms with van der Waals surface area (Å²) in [6.45, 7) is 5.35. The second-order valence-corrected chi connectivity index (χ2v) is 7.48. The molecule has 0 fully saturated rings. The molecule has 0 aliphatic heterocycles. The molecule has 2 rings (SSSR count). The summed E-state index contributed by atoms with van der Waals surface area (Å²) < 4.78 is 31.9. The Morgan fingerprint density at radius 2 is 1.85 bits per heavy atom. The van der Waals surface area contributed by atoms with Crippen molar-refractivity contribution in [1.82, 2.24) is 14.7 Å². The van der Waals surface area contributed by atoms with Gasteiger partial charge in [-0.05, 0) is 26.0 Å². The highest BCUT2D eigenvalue weighted by atomic mass is 32.2. The average molecular weight is 379 g/mol. The van der Waals surface area contributed by atoms with Gasteiger partial charge in [0, 0.05) is 31.4 Å². The molecule has 0 bridgehead atoms. The average Bonchev–Trinajstić information content (AvgIpc) is 2.59. The third kappa shape index (κ3) is 7.24. The number of hydrogen-bond donors (Lipinski definition) is 3. The molecule has 3 N–H and O–H groups in total. The van der Waals surface area contributed by atoms with Gasteiger partial charge < -0.3 is 15.4 Å². The number of rotatable bonds is 11. The Morgan fingerprint density at radius 3 is 2.58 bits per heavy atom. The lowest BCUT2D eigenvalue weighted by atomic mass is 10.3. The van der Waals surface area contributed by atoms with E-state index in [0.717, 1.165) is 18.1 Å². The van der Waals surface area contributed by atoms with Gasteiger partial charge in [-0.25, -0.2) is 18.1 Å². The first-order valence-electron chi connectivity index (χ1n) is 8.47. The lowest BCUT2D eigenvalue weighted by molar-refractivity contribution is 0.340. The van der Waals surface area contributed by atoms with Crippen molar-refractivity contribution in [2.75, 3.05) is 42.6 Å². The highest BCUT2D eigenvalue weighted by Crippen LogP contribution is 2.09. The fourth-order valence-corrected chi connectivity index (χ4v) is 3.02. The van der Waals surface area contributed by atoms with E-state index in [2.05, 4.69) is 25.3 Å². The molecule has 0 saturated carbocycles. The standard InChI is InChI=1S/C17H25N5O3S/c1-3-18-16-13-14(2)21-17(22-16)19-9-10-20-26(23,24)12-11-25-15-7-5-4-6-8-15/h4-8,13,20H,3,9-12H2,1-2H3,(H2,18,19,21,22). The maximum atomic E-state index is 12.0. The molecular formula is C17H25N5O3S. The molecule has 142 valence electrons. The molecule has 0 spiro atoms. The highest BCUT2D eigenvalue weighted by Gasteiger charge is 2.10. The lowest BCUT2D eigenvalue weighted by Gasteiger charge is -2.10. The third-order valence-corrected chi connectivity index (χ3v) is 4.65. The minimum atomic E-state index is -3.40. The number of nitrogens with one attached hydrogen (secondary N) is 3. The van der Waals surface area contributed by atoms with Crippen molar-refractivity contribution in [2.24, 2.45) is 0 Å². The molecule has 1 aromatic heterocycles. The summed E-state index contributed by atoms with van der Waals surface area (Å²) in [6.07, 6.45) is 0. The number of nitrogens with zero attached hydrogens (tertiary/aromatic N) is 2. The first-order valence-corrected chi connectivity index (χ1v) is 10.1. The Balaban J connectivity index is 1.71. The summed E-state index contributed by atoms with van der Waals surface area (Å²) in [4.78, 5) is 8.58. The van der Waals surface area contributed by atoms with E-state index in [0.29, 0.717) is 18.2 Å². The first-order chi connectivity index (χ1) is 12.5. The van der Waals surface area contributed by atoms with Crippen LogP contribution >= 0.6 is 0 Å². The van der Waals surface area contributed by atoms with Crippen molar-refractivity contribution in [3.05, 3.63) is 42.1 Å². The number of para-hydroxylation sites is 1. The van der Waals surface area contributed by atoms with Crippen molar-refractivity contribution in [2.45, 2.75) is 13.8 Å². The van der Waals surface area contributed by atoms with Crippen LogP contribution in [-0.2, 0) is 10.0 Å². The van der Waals surface area contributed by atoms with Crippen molar-refractivity contribution in [3.63, 3.8) is 0 Å². The van der Waals surface area contributed by atoms with Crippen LogP contribution in [0.3, 0.4) is 0 Å². The minimum absolute atomic E-state index is 0.0970. The largest absolute Gasteiger partial charge is 0.492 e. The van der Waals surface area contributed by atoms with E-state index < -0.39 is 10.0 Å². The van der Waals surface area contributed by atoms with Crippen LogP contribution in [0.1, 0.15) is 12.6 Å². The van der Waals surface area contributed by atoms with Gasteiger partial charge in [0.1, 0.15) is 18.2 Å². The first kappa shape index (κ1) is 19.9. The number of anilines is 2. The Morgan fingerprint density at radius 1 is 1.08 bits per heavy atom. The fraction of sp³-hybridized carbons (Fsp3) is 0.412. The normalized spacial score (nSPS) is 11.2. The Hall–Kier alpha value is -2.39. The van der Waals surface area contributed by atoms with Gasteiger partial charge in [0.25, 0.3) is 0 Å². The van der Waals surface area contributed by atoms with Gasteiger partial charge in [-0.3, -0.25) is 0 Å². The van der Waals surface area contributed by atoms with E-state index in [4.69, 9.17) is 4.74 Å². The lowest BCUT2D eigenvalue weighted by Crippen LogP contribution is -2.32. The second kappa shape index (κ2) is 9.93. The van der Waals surface area contributed by atoms with E-state index in [1.54, 1.807) is 12.1 Å². The van der Waals surface area contributed by atoms with Gasteiger partial charge in [-0.1, -0.05) is 18.2 Å². The molecule has 0 radical (unpaired) electrons. The third-order valence-electron chi connectivity index (χ3n) is 3.31. The highest BCUT2D eigenvalue weighted by molar-refractivity contribution is 7.89. The molecule has 1 heterocycles. The Labute approximate surface area is 154 Å². The van der Waals surface area contributed by atoms with E-state index >= 15 is 0 Å². The summed E-state index contributed by atoms with van der Waals surface area (Å²) in [7, 11) is -3.40. The monoisotopic (exact) mass is 379 g/mol. The molecular weight excluding hydrogens is 354 g/mol. The predicted octanol–water partition coefficient (Wildman–Crippen LogP) is 1.63. The van der Waals surface area contributed by atoms with Crippen LogP contribution < -0.4 is 20.1 Å². The number of sulfonamides is 1. The fourth-order valence-electron chi connectivity index (χ4n) is 2.16. The van der Waals surface area contributed by atoms with Gasteiger partial charge >= 0.3 is 0 Å². The molecule has 0 atom stereocenters. The number of ether oxygens (including phenoxy) is 1. The van der Waals surface area contributed by atoms with Crippen molar-refractivity contribution in [1.29, 1.82) is 0 Å². The summed E-state index contributed by atoms with van der Waals surface area (Å²) in [5, 5.41) is 6.14. The molecule has 0 aliphatic rings. The predicted molar refractivity (Wildman–Crippen MR) is 103 cm³/mol. The van der Waals surface area contributed by atoms with Crippen LogP contribution in [0.5, 0.6) is 5.75 Å².